The molecule has 2 aromatic rings. The zero-order chi connectivity index (χ0) is 15.3. The molecule has 0 aliphatic heterocycles. The van der Waals surface area contributed by atoms with Gasteiger partial charge in [-0.3, -0.25) is 0 Å². The van der Waals surface area contributed by atoms with Crippen molar-refractivity contribution >= 4 is 15.9 Å². The monoisotopic (exact) mass is 297 g/mol. The molecule has 2 aromatic carbocycles. The summed E-state index contributed by atoms with van der Waals surface area (Å²) >= 11 is 0. The zero-order valence-corrected chi connectivity index (χ0v) is 12.5. The lowest BCUT2D eigenvalue weighted by Gasteiger charge is -2.03. The number of hydrogen-bond donors (Lipinski definition) is 0. The molecule has 0 saturated heterocycles. The largest absolute Gasteiger partial charge is 0.218 e. The van der Waals surface area contributed by atoms with Crippen LogP contribution in [0, 0.1) is 11.3 Å². The Labute approximate surface area is 125 Å². The van der Waals surface area contributed by atoms with E-state index in [9.17, 15) is 13.7 Å². The molecule has 0 unspecified atom stereocenters. The number of benzene rings is 2. The number of nitrogens with zero attached hydrogens (tertiary/aromatic N) is 1. The van der Waals surface area contributed by atoms with Crippen molar-refractivity contribution < 1.29 is 8.42 Å². The lowest BCUT2D eigenvalue weighted by molar-refractivity contribution is 0.603. The highest BCUT2D eigenvalue weighted by Crippen LogP contribution is 2.21. The summed E-state index contributed by atoms with van der Waals surface area (Å²) in [5, 5.41) is 9.19. The van der Waals surface area contributed by atoms with E-state index in [1.54, 1.807) is 24.3 Å². The van der Waals surface area contributed by atoms with Gasteiger partial charge in [0, 0.05) is 0 Å². The molecule has 0 atom stereocenters. The molecule has 0 saturated carbocycles. The van der Waals surface area contributed by atoms with Crippen molar-refractivity contribution in [2.24, 2.45) is 0 Å². The van der Waals surface area contributed by atoms with Crippen molar-refractivity contribution in [1.82, 2.24) is 0 Å². The van der Waals surface area contributed by atoms with Gasteiger partial charge in [0.1, 0.15) is 11.0 Å². The fourth-order valence-corrected chi connectivity index (χ4v) is 3.08. The number of hydrogen-bond acceptors (Lipinski definition) is 3. The fraction of sp³-hybridized carbons (Fsp3) is 0.118. The van der Waals surface area contributed by atoms with Gasteiger partial charge in [0.15, 0.2) is 0 Å². The van der Waals surface area contributed by atoms with Crippen LogP contribution in [0.3, 0.4) is 0 Å². The minimum Gasteiger partial charge on any atom is -0.218 e. The van der Waals surface area contributed by atoms with Crippen molar-refractivity contribution in [1.29, 1.82) is 5.26 Å². The first-order valence-electron chi connectivity index (χ1n) is 6.59. The molecule has 0 amide bonds. The van der Waals surface area contributed by atoms with Crippen LogP contribution in [-0.4, -0.2) is 8.42 Å². The molecule has 0 radical (unpaired) electrons. The van der Waals surface area contributed by atoms with Crippen LogP contribution in [0.25, 0.3) is 6.08 Å². The topological polar surface area (TPSA) is 57.9 Å². The molecule has 4 heteroatoms. The van der Waals surface area contributed by atoms with Crippen molar-refractivity contribution in [2.75, 3.05) is 0 Å². The van der Waals surface area contributed by atoms with Crippen LogP contribution < -0.4 is 0 Å². The summed E-state index contributed by atoms with van der Waals surface area (Å²) in [5.41, 5.74) is 1.86. The highest BCUT2D eigenvalue weighted by molar-refractivity contribution is 7.95. The van der Waals surface area contributed by atoms with E-state index in [-0.39, 0.29) is 9.80 Å². The zero-order valence-electron chi connectivity index (χ0n) is 11.7. The predicted molar refractivity (Wildman–Crippen MR) is 83.0 cm³/mol. The van der Waals surface area contributed by atoms with E-state index in [1.165, 1.54) is 18.2 Å². The maximum absolute atomic E-state index is 12.4. The minimum atomic E-state index is -3.77. The first kappa shape index (κ1) is 15.0. The molecule has 0 spiro atoms. The number of aryl methyl sites for hydroxylation is 1. The Bertz CT molecular complexity index is 783. The second-order valence-corrected chi connectivity index (χ2v) is 6.45. The molecular weight excluding hydrogens is 282 g/mol. The SMILES string of the molecule is CCc1ccc(C=C(C#N)S(=O)(=O)c2ccccc2)cc1. The molecule has 0 heterocycles. The quantitative estimate of drug-likeness (QED) is 0.810. The maximum Gasteiger partial charge on any atom is 0.216 e. The van der Waals surface area contributed by atoms with Crippen LogP contribution in [-0.2, 0) is 16.3 Å². The van der Waals surface area contributed by atoms with Crippen LogP contribution in [0.1, 0.15) is 18.1 Å². The van der Waals surface area contributed by atoms with E-state index in [4.69, 9.17) is 0 Å². The van der Waals surface area contributed by atoms with Gasteiger partial charge >= 0.3 is 0 Å². The lowest BCUT2D eigenvalue weighted by atomic mass is 10.1. The highest BCUT2D eigenvalue weighted by Gasteiger charge is 2.20. The molecule has 106 valence electrons. The van der Waals surface area contributed by atoms with Gasteiger partial charge in [-0.2, -0.15) is 5.26 Å². The van der Waals surface area contributed by atoms with E-state index >= 15 is 0 Å². The van der Waals surface area contributed by atoms with Gasteiger partial charge < -0.3 is 0 Å². The van der Waals surface area contributed by atoms with Gasteiger partial charge in [0.25, 0.3) is 0 Å². The summed E-state index contributed by atoms with van der Waals surface area (Å²) < 4.78 is 24.8. The van der Waals surface area contributed by atoms with Crippen LogP contribution in [0.15, 0.2) is 64.4 Å². The normalized spacial score (nSPS) is 11.9. The first-order chi connectivity index (χ1) is 10.1. The third kappa shape index (κ3) is 3.39. The van der Waals surface area contributed by atoms with E-state index in [1.807, 2.05) is 31.2 Å². The molecule has 0 aliphatic carbocycles. The summed E-state index contributed by atoms with van der Waals surface area (Å²) in [6.07, 6.45) is 2.32. The van der Waals surface area contributed by atoms with Crippen molar-refractivity contribution in [3.05, 3.63) is 70.6 Å². The first-order valence-corrected chi connectivity index (χ1v) is 8.07. The summed E-state index contributed by atoms with van der Waals surface area (Å²) in [4.78, 5) is -0.124. The Hall–Kier alpha value is -2.38. The molecule has 2 rings (SSSR count). The molecule has 0 bridgehead atoms. The van der Waals surface area contributed by atoms with Crippen LogP contribution in [0.2, 0.25) is 0 Å². The smallest absolute Gasteiger partial charge is 0.216 e. The summed E-state index contributed by atoms with van der Waals surface area (Å²) in [6.45, 7) is 2.05. The van der Waals surface area contributed by atoms with Gasteiger partial charge in [0.2, 0.25) is 9.84 Å². The second kappa shape index (κ2) is 6.38. The third-order valence-corrected chi connectivity index (χ3v) is 4.82. The predicted octanol–water partition coefficient (Wildman–Crippen LogP) is 3.59. The Balaban J connectivity index is 2.44. The van der Waals surface area contributed by atoms with E-state index in [0.29, 0.717) is 5.56 Å². The standard InChI is InChI=1S/C17H15NO2S/c1-2-14-8-10-15(11-9-14)12-17(13-18)21(19,20)16-6-4-3-5-7-16/h3-12H,2H2,1H3. The Morgan fingerprint density at radius 1 is 1.10 bits per heavy atom. The average Bonchev–Trinajstić information content (AvgIpc) is 2.53. The summed E-state index contributed by atoms with van der Waals surface area (Å²) in [5.74, 6) is 0. The third-order valence-electron chi connectivity index (χ3n) is 3.14. The van der Waals surface area contributed by atoms with Gasteiger partial charge in [-0.15, -0.1) is 0 Å². The number of rotatable bonds is 4. The highest BCUT2D eigenvalue weighted by atomic mass is 32.2. The van der Waals surface area contributed by atoms with Crippen molar-refractivity contribution in [3.8, 4) is 6.07 Å². The Morgan fingerprint density at radius 2 is 1.71 bits per heavy atom. The molecule has 21 heavy (non-hydrogen) atoms. The van der Waals surface area contributed by atoms with E-state index in [0.717, 1.165) is 12.0 Å². The molecule has 0 fully saturated rings. The number of nitriles is 1. The summed E-state index contributed by atoms with van der Waals surface area (Å²) in [6, 6.07) is 17.3. The van der Waals surface area contributed by atoms with Gasteiger partial charge in [-0.1, -0.05) is 49.4 Å². The minimum absolute atomic E-state index is 0.128. The fourth-order valence-electron chi connectivity index (χ4n) is 1.90. The Kier molecular flexibility index (Phi) is 4.56. The molecular formula is C17H15NO2S. The molecule has 3 nitrogen and oxygen atoms in total. The van der Waals surface area contributed by atoms with E-state index < -0.39 is 9.84 Å². The lowest BCUT2D eigenvalue weighted by Crippen LogP contribution is -2.03. The molecule has 0 N–H and O–H groups in total. The maximum atomic E-state index is 12.4. The average molecular weight is 297 g/mol. The molecule has 0 aromatic heterocycles. The van der Waals surface area contributed by atoms with Gasteiger partial charge in [-0.05, 0) is 35.8 Å². The number of allylic oxidation sites excluding steroid dienone is 1. The summed E-state index contributed by atoms with van der Waals surface area (Å²) in [7, 11) is -3.77. The van der Waals surface area contributed by atoms with E-state index in [2.05, 4.69) is 0 Å². The number of sulfone groups is 1. The van der Waals surface area contributed by atoms with Crippen LogP contribution >= 0.6 is 0 Å². The van der Waals surface area contributed by atoms with Crippen LogP contribution in [0.4, 0.5) is 0 Å². The van der Waals surface area contributed by atoms with Crippen LogP contribution in [0.5, 0.6) is 0 Å². The van der Waals surface area contributed by atoms with Gasteiger partial charge in [0.05, 0.1) is 4.90 Å². The van der Waals surface area contributed by atoms with Crippen molar-refractivity contribution in [2.45, 2.75) is 18.2 Å². The van der Waals surface area contributed by atoms with Gasteiger partial charge in [-0.25, -0.2) is 8.42 Å². The van der Waals surface area contributed by atoms with Crippen molar-refractivity contribution in [3.63, 3.8) is 0 Å². The second-order valence-electron chi connectivity index (χ2n) is 4.53. The Morgan fingerprint density at radius 3 is 2.24 bits per heavy atom. The molecule has 0 aliphatic rings.